The molecule has 0 saturated carbocycles. The van der Waals surface area contributed by atoms with Crippen molar-refractivity contribution in [2.75, 3.05) is 11.9 Å². The van der Waals surface area contributed by atoms with Crippen molar-refractivity contribution in [1.29, 1.82) is 0 Å². The van der Waals surface area contributed by atoms with Gasteiger partial charge in [-0.3, -0.25) is 9.59 Å². The van der Waals surface area contributed by atoms with Crippen LogP contribution in [0.3, 0.4) is 0 Å². The maximum atomic E-state index is 12.6. The molecule has 2 aromatic carbocycles. The van der Waals surface area contributed by atoms with Crippen LogP contribution < -0.4 is 5.32 Å². The summed E-state index contributed by atoms with van der Waals surface area (Å²) in [7, 11) is 0. The number of aromatic nitrogens is 2. The van der Waals surface area contributed by atoms with Crippen LogP contribution in [-0.4, -0.2) is 33.5 Å². The average Bonchev–Trinajstić information content (AvgIpc) is 3.24. The number of benzene rings is 2. The van der Waals surface area contributed by atoms with Gasteiger partial charge in [-0.05, 0) is 24.1 Å². The number of amides is 2. The average molecular weight is 501 g/mol. The van der Waals surface area contributed by atoms with Crippen LogP contribution in [0.15, 0.2) is 59.1 Å². The Bertz CT molecular complexity index is 1010. The third kappa shape index (κ3) is 7.25. The molecule has 0 aliphatic rings. The van der Waals surface area contributed by atoms with Crippen molar-refractivity contribution in [3.63, 3.8) is 0 Å². The Labute approximate surface area is 194 Å². The molecule has 0 aliphatic heterocycles. The highest BCUT2D eigenvalue weighted by Gasteiger charge is 2.16. The van der Waals surface area contributed by atoms with E-state index in [0.29, 0.717) is 24.6 Å². The van der Waals surface area contributed by atoms with Gasteiger partial charge in [0.05, 0.1) is 0 Å². The first kappa shape index (κ1) is 23.1. The Kier molecular flexibility index (Phi) is 8.73. The first-order valence-electron chi connectivity index (χ1n) is 10.3. The lowest BCUT2D eigenvalue weighted by Gasteiger charge is -2.22. The van der Waals surface area contributed by atoms with E-state index < -0.39 is 0 Å². The monoisotopic (exact) mass is 500 g/mol. The third-order valence-corrected chi connectivity index (χ3v) is 6.05. The van der Waals surface area contributed by atoms with E-state index >= 15 is 0 Å². The number of hydrogen-bond acceptors (Lipinski definition) is 5. The standard InChI is InChI=1S/C23H25BrN4O2S/c1-2-3-12-21(30)28(16-17-8-5-4-6-9-17)14-13-20(29)25-23-27-26-22(31-23)18-10-7-11-19(24)15-18/h4-11,15H,2-3,12-14,16H2,1H3,(H,25,27,29). The van der Waals surface area contributed by atoms with Gasteiger partial charge >= 0.3 is 0 Å². The van der Waals surface area contributed by atoms with E-state index in [4.69, 9.17) is 0 Å². The lowest BCUT2D eigenvalue weighted by atomic mass is 10.1. The molecular weight excluding hydrogens is 476 g/mol. The van der Waals surface area contributed by atoms with Gasteiger partial charge in [0.2, 0.25) is 16.9 Å². The molecule has 0 unspecified atom stereocenters. The van der Waals surface area contributed by atoms with Crippen molar-refractivity contribution in [3.05, 3.63) is 64.6 Å². The number of nitrogens with one attached hydrogen (secondary N) is 1. The molecule has 0 atom stereocenters. The second kappa shape index (κ2) is 11.7. The molecule has 1 aromatic heterocycles. The molecule has 1 N–H and O–H groups in total. The summed E-state index contributed by atoms with van der Waals surface area (Å²) in [6.07, 6.45) is 2.51. The van der Waals surface area contributed by atoms with Crippen LogP contribution in [0.5, 0.6) is 0 Å². The van der Waals surface area contributed by atoms with Crippen molar-refractivity contribution in [2.45, 2.75) is 39.2 Å². The normalized spacial score (nSPS) is 10.6. The van der Waals surface area contributed by atoms with Crippen molar-refractivity contribution in [3.8, 4) is 10.6 Å². The van der Waals surface area contributed by atoms with Gasteiger partial charge in [0.1, 0.15) is 5.01 Å². The summed E-state index contributed by atoms with van der Waals surface area (Å²) < 4.78 is 0.956. The van der Waals surface area contributed by atoms with E-state index in [0.717, 1.165) is 33.4 Å². The number of nitrogens with zero attached hydrogens (tertiary/aromatic N) is 3. The highest BCUT2D eigenvalue weighted by atomic mass is 79.9. The molecule has 31 heavy (non-hydrogen) atoms. The maximum Gasteiger partial charge on any atom is 0.227 e. The maximum absolute atomic E-state index is 12.6. The highest BCUT2D eigenvalue weighted by Crippen LogP contribution is 2.28. The highest BCUT2D eigenvalue weighted by molar-refractivity contribution is 9.10. The van der Waals surface area contributed by atoms with E-state index in [1.54, 1.807) is 4.90 Å². The molecule has 0 saturated heterocycles. The minimum Gasteiger partial charge on any atom is -0.338 e. The lowest BCUT2D eigenvalue weighted by molar-refractivity contribution is -0.132. The molecule has 1 heterocycles. The summed E-state index contributed by atoms with van der Waals surface area (Å²) in [5.41, 5.74) is 1.98. The minimum absolute atomic E-state index is 0.0753. The summed E-state index contributed by atoms with van der Waals surface area (Å²) >= 11 is 4.77. The number of unbranched alkanes of at least 4 members (excludes halogenated alkanes) is 1. The van der Waals surface area contributed by atoms with Gasteiger partial charge in [-0.25, -0.2) is 0 Å². The molecule has 0 fully saturated rings. The topological polar surface area (TPSA) is 75.2 Å². The third-order valence-electron chi connectivity index (χ3n) is 4.66. The van der Waals surface area contributed by atoms with E-state index in [1.807, 2.05) is 54.6 Å². The molecule has 6 nitrogen and oxygen atoms in total. The smallest absolute Gasteiger partial charge is 0.227 e. The molecule has 0 bridgehead atoms. The van der Waals surface area contributed by atoms with Crippen molar-refractivity contribution < 1.29 is 9.59 Å². The molecule has 2 amide bonds. The number of hydrogen-bond donors (Lipinski definition) is 1. The first-order valence-corrected chi connectivity index (χ1v) is 11.9. The van der Waals surface area contributed by atoms with Gasteiger partial charge in [0.15, 0.2) is 0 Å². The molecule has 0 radical (unpaired) electrons. The van der Waals surface area contributed by atoms with E-state index in [9.17, 15) is 9.59 Å². The molecular formula is C23H25BrN4O2S. The van der Waals surface area contributed by atoms with Gasteiger partial charge in [-0.15, -0.1) is 10.2 Å². The predicted octanol–water partition coefficient (Wildman–Crippen LogP) is 5.52. The Morgan fingerprint density at radius 2 is 1.87 bits per heavy atom. The largest absolute Gasteiger partial charge is 0.338 e. The van der Waals surface area contributed by atoms with E-state index in [-0.39, 0.29) is 18.2 Å². The number of rotatable bonds is 10. The van der Waals surface area contributed by atoms with Gasteiger partial charge in [0, 0.05) is 36.0 Å². The fourth-order valence-electron chi connectivity index (χ4n) is 3.01. The molecule has 162 valence electrons. The summed E-state index contributed by atoms with van der Waals surface area (Å²) in [5, 5.41) is 12.2. The zero-order chi connectivity index (χ0) is 22.1. The Morgan fingerprint density at radius 3 is 2.61 bits per heavy atom. The van der Waals surface area contributed by atoms with Crippen molar-refractivity contribution in [1.82, 2.24) is 15.1 Å². The predicted molar refractivity (Wildman–Crippen MR) is 128 cm³/mol. The zero-order valence-electron chi connectivity index (χ0n) is 17.4. The van der Waals surface area contributed by atoms with Crippen molar-refractivity contribution >= 4 is 44.2 Å². The molecule has 0 spiro atoms. The number of halogens is 1. The summed E-state index contributed by atoms with van der Waals surface area (Å²) in [6.45, 7) is 2.93. The fourth-order valence-corrected chi connectivity index (χ4v) is 4.17. The van der Waals surface area contributed by atoms with Crippen LogP contribution in [0.1, 0.15) is 38.2 Å². The van der Waals surface area contributed by atoms with Gasteiger partial charge in [0.25, 0.3) is 0 Å². The lowest BCUT2D eigenvalue weighted by Crippen LogP contribution is -2.33. The van der Waals surface area contributed by atoms with E-state index in [1.165, 1.54) is 11.3 Å². The molecule has 8 heteroatoms. The van der Waals surface area contributed by atoms with Crippen LogP contribution >= 0.6 is 27.3 Å². The van der Waals surface area contributed by atoms with Gasteiger partial charge in [-0.1, -0.05) is 83.1 Å². The minimum atomic E-state index is -0.182. The van der Waals surface area contributed by atoms with Crippen LogP contribution in [0.2, 0.25) is 0 Å². The number of anilines is 1. The Morgan fingerprint density at radius 1 is 1.06 bits per heavy atom. The van der Waals surface area contributed by atoms with Gasteiger partial charge in [-0.2, -0.15) is 0 Å². The second-order valence-corrected chi connectivity index (χ2v) is 9.02. The Hall–Kier alpha value is -2.58. The number of carbonyl (C=O) groups is 2. The van der Waals surface area contributed by atoms with Crippen LogP contribution in [0.25, 0.3) is 10.6 Å². The quantitative estimate of drug-likeness (QED) is 0.397. The van der Waals surface area contributed by atoms with Gasteiger partial charge < -0.3 is 10.2 Å². The summed E-state index contributed by atoms with van der Waals surface area (Å²) in [6, 6.07) is 17.6. The van der Waals surface area contributed by atoms with Crippen LogP contribution in [-0.2, 0) is 16.1 Å². The Balaban J connectivity index is 1.58. The van der Waals surface area contributed by atoms with Crippen LogP contribution in [0, 0.1) is 0 Å². The summed E-state index contributed by atoms with van der Waals surface area (Å²) in [5.74, 6) is -0.107. The van der Waals surface area contributed by atoms with Crippen molar-refractivity contribution in [2.24, 2.45) is 0 Å². The SMILES string of the molecule is CCCCC(=O)N(CCC(=O)Nc1nnc(-c2cccc(Br)c2)s1)Cc1ccccc1. The molecule has 0 aliphatic carbocycles. The molecule has 3 aromatic rings. The molecule has 3 rings (SSSR count). The fraction of sp³-hybridized carbons (Fsp3) is 0.304. The zero-order valence-corrected chi connectivity index (χ0v) is 19.8. The van der Waals surface area contributed by atoms with Crippen LogP contribution in [0.4, 0.5) is 5.13 Å². The van der Waals surface area contributed by atoms with E-state index in [2.05, 4.69) is 38.4 Å². The first-order chi connectivity index (χ1) is 15.0. The number of carbonyl (C=O) groups excluding carboxylic acids is 2. The summed E-state index contributed by atoms with van der Waals surface area (Å²) in [4.78, 5) is 26.9. The second-order valence-electron chi connectivity index (χ2n) is 7.13.